The number of alkyl halides is 3. The highest BCUT2D eigenvalue weighted by molar-refractivity contribution is 6.33. The lowest BCUT2D eigenvalue weighted by atomic mass is 9.81. The van der Waals surface area contributed by atoms with E-state index in [1.165, 1.54) is 24.3 Å². The molecule has 0 aromatic heterocycles. The van der Waals surface area contributed by atoms with Crippen LogP contribution in [0.15, 0.2) is 42.5 Å². The molecule has 0 aliphatic heterocycles. The first-order chi connectivity index (χ1) is 17.0. The molecule has 0 spiro atoms. The normalized spacial score (nSPS) is 17.5. The minimum absolute atomic E-state index is 0.122. The molecule has 3 rings (SSSR count). The molecule has 1 N–H and O–H groups in total. The van der Waals surface area contributed by atoms with Gasteiger partial charge in [0.2, 0.25) is 5.91 Å². The van der Waals surface area contributed by atoms with E-state index in [0.29, 0.717) is 5.02 Å². The number of ether oxygens (including phenoxy) is 1. The third kappa shape index (κ3) is 7.64. The third-order valence-electron chi connectivity index (χ3n) is 6.85. The third-order valence-corrected chi connectivity index (χ3v) is 7.43. The number of benzene rings is 2. The van der Waals surface area contributed by atoms with E-state index in [4.69, 9.17) is 27.9 Å². The number of carbonyl (C=O) groups is 2. The lowest BCUT2D eigenvalue weighted by Crippen LogP contribution is -2.34. The van der Waals surface area contributed by atoms with Crippen molar-refractivity contribution in [3.8, 4) is 0 Å². The Bertz CT molecular complexity index is 1140. The van der Waals surface area contributed by atoms with Crippen molar-refractivity contribution < 1.29 is 27.5 Å². The highest BCUT2D eigenvalue weighted by Crippen LogP contribution is 2.57. The van der Waals surface area contributed by atoms with Crippen molar-refractivity contribution in [1.29, 1.82) is 0 Å². The SMILES string of the molecule is CC(C(C(=O)Nc1cc(C(CC(=O)OC(C)(C)C)C2(C)CC2)ccc1Cl)c1ccc(Cl)cc1)C(F)(F)F. The highest BCUT2D eigenvalue weighted by atomic mass is 35.5. The zero-order valence-corrected chi connectivity index (χ0v) is 23.0. The summed E-state index contributed by atoms with van der Waals surface area (Å²) in [5, 5.41) is 3.15. The summed E-state index contributed by atoms with van der Waals surface area (Å²) in [4.78, 5) is 25.9. The van der Waals surface area contributed by atoms with Crippen LogP contribution >= 0.6 is 23.2 Å². The van der Waals surface area contributed by atoms with Crippen molar-refractivity contribution in [1.82, 2.24) is 0 Å². The van der Waals surface area contributed by atoms with Crippen LogP contribution in [-0.4, -0.2) is 23.7 Å². The van der Waals surface area contributed by atoms with Gasteiger partial charge in [-0.1, -0.05) is 55.2 Å². The summed E-state index contributed by atoms with van der Waals surface area (Å²) in [5.41, 5.74) is 0.389. The van der Waals surface area contributed by atoms with E-state index < -0.39 is 29.5 Å². The maximum absolute atomic E-state index is 13.7. The van der Waals surface area contributed by atoms with Gasteiger partial charge in [0.25, 0.3) is 0 Å². The minimum Gasteiger partial charge on any atom is -0.460 e. The van der Waals surface area contributed by atoms with Crippen LogP contribution in [0.2, 0.25) is 10.0 Å². The monoisotopic (exact) mass is 557 g/mol. The average Bonchev–Trinajstić information content (AvgIpc) is 3.51. The van der Waals surface area contributed by atoms with Gasteiger partial charge in [-0.15, -0.1) is 0 Å². The molecule has 202 valence electrons. The maximum atomic E-state index is 13.7. The van der Waals surface area contributed by atoms with Gasteiger partial charge in [0.05, 0.1) is 29.0 Å². The first-order valence-corrected chi connectivity index (χ1v) is 12.9. The molecule has 1 amide bonds. The van der Waals surface area contributed by atoms with Gasteiger partial charge in [0.1, 0.15) is 5.60 Å². The molecule has 4 nitrogen and oxygen atoms in total. The molecule has 1 fully saturated rings. The van der Waals surface area contributed by atoms with Crippen LogP contribution in [0.25, 0.3) is 0 Å². The van der Waals surface area contributed by atoms with E-state index in [1.807, 2.05) is 0 Å². The Morgan fingerprint density at radius 1 is 1.03 bits per heavy atom. The number of rotatable bonds is 8. The van der Waals surface area contributed by atoms with Gasteiger partial charge < -0.3 is 10.1 Å². The molecule has 0 radical (unpaired) electrons. The zero-order valence-electron chi connectivity index (χ0n) is 21.5. The van der Waals surface area contributed by atoms with Crippen LogP contribution < -0.4 is 5.32 Å². The average molecular weight is 558 g/mol. The fourth-order valence-corrected chi connectivity index (χ4v) is 4.74. The number of halogens is 5. The Hall–Kier alpha value is -2.25. The summed E-state index contributed by atoms with van der Waals surface area (Å²) in [7, 11) is 0. The molecular weight excluding hydrogens is 526 g/mol. The molecule has 2 aromatic carbocycles. The number of hydrogen-bond donors (Lipinski definition) is 1. The minimum atomic E-state index is -4.60. The van der Waals surface area contributed by atoms with Gasteiger partial charge in [-0.25, -0.2) is 0 Å². The molecule has 3 unspecified atom stereocenters. The quantitative estimate of drug-likeness (QED) is 0.331. The van der Waals surface area contributed by atoms with E-state index in [2.05, 4.69) is 12.2 Å². The first-order valence-electron chi connectivity index (χ1n) is 12.1. The van der Waals surface area contributed by atoms with E-state index >= 15 is 0 Å². The number of carbonyl (C=O) groups excluding carboxylic acids is 2. The number of amides is 1. The smallest absolute Gasteiger partial charge is 0.392 e. The molecule has 1 saturated carbocycles. The van der Waals surface area contributed by atoms with Gasteiger partial charge in [-0.2, -0.15) is 13.2 Å². The number of nitrogens with one attached hydrogen (secondary N) is 1. The molecule has 1 aliphatic rings. The van der Waals surface area contributed by atoms with Crippen molar-refractivity contribution in [3.63, 3.8) is 0 Å². The van der Waals surface area contributed by atoms with E-state index in [-0.39, 0.29) is 40.0 Å². The van der Waals surface area contributed by atoms with E-state index in [0.717, 1.165) is 25.3 Å². The van der Waals surface area contributed by atoms with Crippen LogP contribution in [-0.2, 0) is 14.3 Å². The summed E-state index contributed by atoms with van der Waals surface area (Å²) in [6, 6.07) is 10.7. The largest absolute Gasteiger partial charge is 0.460 e. The molecule has 37 heavy (non-hydrogen) atoms. The molecule has 1 aliphatic carbocycles. The molecule has 9 heteroatoms. The summed E-state index contributed by atoms with van der Waals surface area (Å²) in [6.45, 7) is 8.45. The summed E-state index contributed by atoms with van der Waals surface area (Å²) < 4.78 is 46.7. The summed E-state index contributed by atoms with van der Waals surface area (Å²) >= 11 is 12.3. The molecule has 2 aromatic rings. The van der Waals surface area contributed by atoms with Gasteiger partial charge in [-0.3, -0.25) is 9.59 Å². The number of esters is 1. The standard InChI is InChI=1S/C28H32Cl2F3NO3/c1-16(28(31,32)33)24(17-6-9-19(29)10-7-17)25(36)34-22-14-18(8-11-21(22)30)20(27(5)12-13-27)15-23(35)37-26(2,3)4/h6-11,14,16,20,24H,12-13,15H2,1-5H3,(H,34,36). The van der Waals surface area contributed by atoms with Gasteiger partial charge in [-0.05, 0) is 80.3 Å². The summed E-state index contributed by atoms with van der Waals surface area (Å²) in [6.07, 6.45) is -2.62. The number of anilines is 1. The van der Waals surface area contributed by atoms with Crippen molar-refractivity contribution in [2.45, 2.75) is 77.5 Å². The highest BCUT2D eigenvalue weighted by Gasteiger charge is 2.47. The Morgan fingerprint density at radius 3 is 2.11 bits per heavy atom. The van der Waals surface area contributed by atoms with Gasteiger partial charge in [0.15, 0.2) is 0 Å². The van der Waals surface area contributed by atoms with Crippen LogP contribution in [0, 0.1) is 11.3 Å². The summed E-state index contributed by atoms with van der Waals surface area (Å²) in [5.74, 6) is -4.85. The van der Waals surface area contributed by atoms with E-state index in [1.54, 1.807) is 39.0 Å². The molecule has 0 saturated heterocycles. The van der Waals surface area contributed by atoms with Crippen molar-refractivity contribution in [2.24, 2.45) is 11.3 Å². The second-order valence-electron chi connectivity index (χ2n) is 11.1. The van der Waals surface area contributed by atoms with E-state index in [9.17, 15) is 22.8 Å². The van der Waals surface area contributed by atoms with Crippen LogP contribution in [0.4, 0.5) is 18.9 Å². The van der Waals surface area contributed by atoms with Crippen LogP contribution in [0.3, 0.4) is 0 Å². The van der Waals surface area contributed by atoms with Crippen molar-refractivity contribution in [3.05, 3.63) is 63.6 Å². The lowest BCUT2D eigenvalue weighted by Gasteiger charge is -2.28. The molecule has 0 heterocycles. The van der Waals surface area contributed by atoms with Gasteiger partial charge in [0, 0.05) is 5.02 Å². The zero-order chi connectivity index (χ0) is 27.8. The Labute approximate surface area is 225 Å². The Kier molecular flexibility index (Phi) is 8.60. The number of hydrogen-bond acceptors (Lipinski definition) is 3. The Morgan fingerprint density at radius 2 is 1.59 bits per heavy atom. The predicted octanol–water partition coefficient (Wildman–Crippen LogP) is 8.53. The predicted molar refractivity (Wildman–Crippen MR) is 140 cm³/mol. The lowest BCUT2D eigenvalue weighted by molar-refractivity contribution is -0.178. The maximum Gasteiger partial charge on any atom is 0.392 e. The topological polar surface area (TPSA) is 55.4 Å². The fraction of sp³-hybridized carbons (Fsp3) is 0.500. The second kappa shape index (κ2) is 10.9. The van der Waals surface area contributed by atoms with Crippen LogP contribution in [0.1, 0.15) is 76.8 Å². The second-order valence-corrected chi connectivity index (χ2v) is 11.9. The first kappa shape index (κ1) is 29.3. The fourth-order valence-electron chi connectivity index (χ4n) is 4.45. The Balaban J connectivity index is 1.92. The van der Waals surface area contributed by atoms with Crippen LogP contribution in [0.5, 0.6) is 0 Å². The molecular formula is C28H32Cl2F3NO3. The molecule has 3 atom stereocenters. The van der Waals surface area contributed by atoms with Crippen molar-refractivity contribution >= 4 is 40.8 Å². The van der Waals surface area contributed by atoms with Gasteiger partial charge >= 0.3 is 12.1 Å². The molecule has 0 bridgehead atoms. The van der Waals surface area contributed by atoms with Crippen molar-refractivity contribution in [2.75, 3.05) is 5.32 Å².